The monoisotopic (exact) mass is 608 g/mol. The van der Waals surface area contributed by atoms with Crippen LogP contribution in [0.3, 0.4) is 0 Å². The highest BCUT2D eigenvalue weighted by molar-refractivity contribution is 5.81. The van der Waals surface area contributed by atoms with Crippen LogP contribution in [0.15, 0.2) is 97.1 Å². The number of hydrogen-bond donors (Lipinski definition) is 0. The predicted molar refractivity (Wildman–Crippen MR) is 190 cm³/mol. The van der Waals surface area contributed by atoms with Gasteiger partial charge in [0.1, 0.15) is 23.0 Å². The Morgan fingerprint density at radius 3 is 0.804 bits per heavy atom. The van der Waals surface area contributed by atoms with Gasteiger partial charge in [0.15, 0.2) is 0 Å². The number of ether oxygens (including phenoxy) is 4. The summed E-state index contributed by atoms with van der Waals surface area (Å²) in [6, 6.07) is 31.5. The van der Waals surface area contributed by atoms with Crippen LogP contribution < -0.4 is 18.9 Å². The van der Waals surface area contributed by atoms with Crippen molar-refractivity contribution in [1.82, 2.24) is 9.97 Å². The quantitative estimate of drug-likeness (QED) is 0.141. The Bertz CT molecular complexity index is 1630. The molecule has 0 aliphatic rings. The second kappa shape index (κ2) is 15.7. The Labute approximate surface area is 270 Å². The standard InChI is InChI=1S/C40H36N2O4/c1-43-33-13-5-9-29(25-33)17-21-37-38(22-18-30-10-6-14-34(26-30)44-2)42-40(24-20-32-12-8-16-36(28-32)46-4)39(41-37)23-19-31-11-7-15-35(27-31)45-3/h5-28H,1-4H3. The topological polar surface area (TPSA) is 62.7 Å². The fraction of sp³-hybridized carbons (Fsp3) is 0.100. The maximum absolute atomic E-state index is 5.42. The molecule has 0 amide bonds. The molecule has 0 unspecified atom stereocenters. The van der Waals surface area contributed by atoms with Crippen LogP contribution in [0.2, 0.25) is 0 Å². The minimum absolute atomic E-state index is 0.714. The van der Waals surface area contributed by atoms with E-state index >= 15 is 0 Å². The van der Waals surface area contributed by atoms with E-state index in [1.54, 1.807) is 28.4 Å². The van der Waals surface area contributed by atoms with E-state index in [1.807, 2.05) is 146 Å². The highest BCUT2D eigenvalue weighted by Crippen LogP contribution is 2.23. The molecular formula is C40H36N2O4. The number of methoxy groups -OCH3 is 4. The summed E-state index contributed by atoms with van der Waals surface area (Å²) in [6.45, 7) is 0. The molecule has 0 fully saturated rings. The summed E-state index contributed by atoms with van der Waals surface area (Å²) in [7, 11) is 6.64. The van der Waals surface area contributed by atoms with Crippen molar-refractivity contribution >= 4 is 48.6 Å². The van der Waals surface area contributed by atoms with E-state index in [-0.39, 0.29) is 0 Å². The van der Waals surface area contributed by atoms with E-state index in [9.17, 15) is 0 Å². The summed E-state index contributed by atoms with van der Waals surface area (Å²) < 4.78 is 21.7. The molecule has 0 saturated heterocycles. The maximum atomic E-state index is 5.42. The van der Waals surface area contributed by atoms with Gasteiger partial charge in [0.05, 0.1) is 51.2 Å². The normalized spacial score (nSPS) is 11.6. The van der Waals surface area contributed by atoms with Gasteiger partial charge in [-0.2, -0.15) is 0 Å². The lowest BCUT2D eigenvalue weighted by molar-refractivity contribution is 0.414. The third kappa shape index (κ3) is 8.61. The lowest BCUT2D eigenvalue weighted by Crippen LogP contribution is -2.00. The van der Waals surface area contributed by atoms with Gasteiger partial charge in [-0.1, -0.05) is 72.8 Å². The molecule has 46 heavy (non-hydrogen) atoms. The summed E-state index contributed by atoms with van der Waals surface area (Å²) in [5, 5.41) is 0. The fourth-order valence-electron chi connectivity index (χ4n) is 4.66. The minimum atomic E-state index is 0.714. The first-order valence-electron chi connectivity index (χ1n) is 14.8. The molecule has 0 aliphatic carbocycles. The average Bonchev–Trinajstić information content (AvgIpc) is 3.12. The summed E-state index contributed by atoms with van der Waals surface area (Å²) >= 11 is 0. The molecule has 4 aromatic carbocycles. The van der Waals surface area contributed by atoms with Crippen molar-refractivity contribution in [2.45, 2.75) is 0 Å². The van der Waals surface area contributed by atoms with Crippen molar-refractivity contribution < 1.29 is 18.9 Å². The van der Waals surface area contributed by atoms with Crippen LogP contribution in [0.5, 0.6) is 23.0 Å². The molecule has 6 heteroatoms. The van der Waals surface area contributed by atoms with Crippen molar-refractivity contribution in [3.63, 3.8) is 0 Å². The molecule has 0 atom stereocenters. The molecule has 0 N–H and O–H groups in total. The maximum Gasteiger partial charge on any atom is 0.119 e. The van der Waals surface area contributed by atoms with Crippen molar-refractivity contribution in [3.05, 3.63) is 142 Å². The van der Waals surface area contributed by atoms with Gasteiger partial charge in [-0.25, -0.2) is 9.97 Å². The van der Waals surface area contributed by atoms with Gasteiger partial charge < -0.3 is 18.9 Å². The molecule has 6 nitrogen and oxygen atoms in total. The van der Waals surface area contributed by atoms with E-state index in [4.69, 9.17) is 28.9 Å². The molecule has 1 aromatic heterocycles. The van der Waals surface area contributed by atoms with Gasteiger partial charge in [0.2, 0.25) is 0 Å². The van der Waals surface area contributed by atoms with Crippen molar-refractivity contribution in [2.24, 2.45) is 0 Å². The first-order valence-corrected chi connectivity index (χ1v) is 14.8. The van der Waals surface area contributed by atoms with Crippen LogP contribution in [0.1, 0.15) is 45.0 Å². The van der Waals surface area contributed by atoms with E-state index in [0.29, 0.717) is 22.8 Å². The van der Waals surface area contributed by atoms with E-state index in [2.05, 4.69) is 0 Å². The summed E-state index contributed by atoms with van der Waals surface area (Å²) in [5.74, 6) is 3.13. The van der Waals surface area contributed by atoms with Gasteiger partial charge in [0, 0.05) is 0 Å². The lowest BCUT2D eigenvalue weighted by Gasteiger charge is -2.08. The second-order valence-corrected chi connectivity index (χ2v) is 10.2. The van der Waals surface area contributed by atoms with Crippen molar-refractivity contribution in [3.8, 4) is 23.0 Å². The third-order valence-corrected chi connectivity index (χ3v) is 7.12. The first kappa shape index (κ1) is 31.5. The van der Waals surface area contributed by atoms with E-state index < -0.39 is 0 Å². The Balaban J connectivity index is 1.63. The van der Waals surface area contributed by atoms with Gasteiger partial charge >= 0.3 is 0 Å². The lowest BCUT2D eigenvalue weighted by atomic mass is 10.1. The number of aromatic nitrogens is 2. The third-order valence-electron chi connectivity index (χ3n) is 7.12. The molecule has 5 rings (SSSR count). The van der Waals surface area contributed by atoms with Gasteiger partial charge in [0.25, 0.3) is 0 Å². The Morgan fingerprint density at radius 2 is 0.587 bits per heavy atom. The predicted octanol–water partition coefficient (Wildman–Crippen LogP) is 9.19. The zero-order chi connectivity index (χ0) is 32.1. The number of nitrogens with zero attached hydrogens (tertiary/aromatic N) is 2. The second-order valence-electron chi connectivity index (χ2n) is 10.2. The van der Waals surface area contributed by atoms with Crippen LogP contribution in [0.25, 0.3) is 48.6 Å². The molecule has 1 heterocycles. The Kier molecular flexibility index (Phi) is 10.8. The van der Waals surface area contributed by atoms with Gasteiger partial charge in [-0.05, 0) is 95.1 Å². The van der Waals surface area contributed by atoms with Gasteiger partial charge in [-0.3, -0.25) is 0 Å². The highest BCUT2D eigenvalue weighted by atomic mass is 16.5. The summed E-state index contributed by atoms with van der Waals surface area (Å²) in [5.41, 5.74) is 6.80. The molecule has 0 radical (unpaired) electrons. The molecular weight excluding hydrogens is 572 g/mol. The zero-order valence-electron chi connectivity index (χ0n) is 26.4. The van der Waals surface area contributed by atoms with Crippen LogP contribution in [0, 0.1) is 0 Å². The van der Waals surface area contributed by atoms with Crippen molar-refractivity contribution in [2.75, 3.05) is 28.4 Å². The first-order chi connectivity index (χ1) is 22.6. The highest BCUT2D eigenvalue weighted by Gasteiger charge is 2.09. The molecule has 0 spiro atoms. The molecule has 230 valence electrons. The molecule has 0 bridgehead atoms. The zero-order valence-corrected chi connectivity index (χ0v) is 26.4. The van der Waals surface area contributed by atoms with E-state index in [0.717, 1.165) is 45.3 Å². The number of benzene rings is 4. The molecule has 0 saturated carbocycles. The number of rotatable bonds is 12. The van der Waals surface area contributed by atoms with E-state index in [1.165, 1.54) is 0 Å². The van der Waals surface area contributed by atoms with Crippen molar-refractivity contribution in [1.29, 1.82) is 0 Å². The Hall–Kier alpha value is -5.88. The van der Waals surface area contributed by atoms with Crippen LogP contribution in [0.4, 0.5) is 0 Å². The van der Waals surface area contributed by atoms with Crippen LogP contribution in [-0.4, -0.2) is 38.4 Å². The minimum Gasteiger partial charge on any atom is -0.497 e. The molecule has 0 aliphatic heterocycles. The smallest absolute Gasteiger partial charge is 0.119 e. The van der Waals surface area contributed by atoms with Crippen LogP contribution >= 0.6 is 0 Å². The largest absolute Gasteiger partial charge is 0.497 e. The Morgan fingerprint density at radius 1 is 0.348 bits per heavy atom. The number of hydrogen-bond acceptors (Lipinski definition) is 6. The summed E-state index contributed by atoms with van der Waals surface area (Å²) in [4.78, 5) is 10.3. The van der Waals surface area contributed by atoms with Gasteiger partial charge in [-0.15, -0.1) is 0 Å². The fourth-order valence-corrected chi connectivity index (χ4v) is 4.66. The average molecular weight is 609 g/mol. The summed E-state index contributed by atoms with van der Waals surface area (Å²) in [6.07, 6.45) is 16.0. The van der Waals surface area contributed by atoms with Crippen LogP contribution in [-0.2, 0) is 0 Å². The SMILES string of the molecule is COc1cccc(C=Cc2nc(C=Cc3cccc(OC)c3)c(C=Cc3cccc(OC)c3)nc2C=Cc2cccc(OC)c2)c1. The molecule has 5 aromatic rings.